The Morgan fingerprint density at radius 1 is 1.00 bits per heavy atom. The van der Waals surface area contributed by atoms with Crippen molar-refractivity contribution in [2.75, 3.05) is 34.0 Å². The molecule has 0 radical (unpaired) electrons. The highest BCUT2D eigenvalue weighted by Gasteiger charge is 2.57. The van der Waals surface area contributed by atoms with Crippen LogP contribution in [0.25, 0.3) is 0 Å². The summed E-state index contributed by atoms with van der Waals surface area (Å²) in [5.41, 5.74) is 0.930. The van der Waals surface area contributed by atoms with Crippen molar-refractivity contribution < 1.29 is 67.0 Å². The number of piperidine rings is 1. The van der Waals surface area contributed by atoms with Gasteiger partial charge in [-0.1, -0.05) is 46.8 Å². The van der Waals surface area contributed by atoms with E-state index in [9.17, 15) is 34.2 Å². The summed E-state index contributed by atoms with van der Waals surface area (Å²) in [4.78, 5) is 70.6. The van der Waals surface area contributed by atoms with Gasteiger partial charge in [0.05, 0.1) is 37.1 Å². The molecule has 1 aliphatic carbocycles. The van der Waals surface area contributed by atoms with Crippen molar-refractivity contribution in [1.29, 1.82) is 0 Å². The molecule has 2 amide bonds. The third-order valence-electron chi connectivity index (χ3n) is 14.0. The Kier molecular flexibility index (Phi) is 20.4. The number of rotatable bonds is 10. The summed E-state index contributed by atoms with van der Waals surface area (Å²) >= 11 is 0. The molecular weight excluding hydrogens is 832 g/mol. The lowest BCUT2D eigenvalue weighted by Gasteiger charge is -2.47. The molecule has 3 aliphatic heterocycles. The molecule has 15 atom stereocenters. The molecule has 4 aliphatic rings. The van der Waals surface area contributed by atoms with Gasteiger partial charge in [0.15, 0.2) is 0 Å². The zero-order valence-electron chi connectivity index (χ0n) is 39.8. The number of nitrogens with one attached hydrogen (secondary N) is 1. The first-order valence-electron chi connectivity index (χ1n) is 23.6. The first-order valence-corrected chi connectivity index (χ1v) is 23.6. The normalized spacial score (nSPS) is 38.0. The van der Waals surface area contributed by atoms with Gasteiger partial charge >= 0.3 is 12.1 Å². The van der Waals surface area contributed by atoms with E-state index in [1.807, 2.05) is 19.9 Å². The predicted molar refractivity (Wildman–Crippen MR) is 236 cm³/mol. The molecule has 0 aromatic heterocycles. The number of methoxy groups -OCH3 is 2. The van der Waals surface area contributed by atoms with Crippen LogP contribution in [0.2, 0.25) is 0 Å². The number of ether oxygens (including phenoxy) is 6. The number of hydrogen-bond donors (Lipinski definition) is 3. The Balaban J connectivity index is 1.76. The molecule has 16 heteroatoms. The van der Waals surface area contributed by atoms with Gasteiger partial charge in [0.2, 0.25) is 5.79 Å². The van der Waals surface area contributed by atoms with Gasteiger partial charge in [-0.05, 0) is 108 Å². The van der Waals surface area contributed by atoms with Crippen molar-refractivity contribution in [3.63, 3.8) is 0 Å². The molecule has 3 fully saturated rings. The maximum atomic E-state index is 16.3. The van der Waals surface area contributed by atoms with E-state index in [1.165, 1.54) is 14.2 Å². The van der Waals surface area contributed by atoms with Gasteiger partial charge in [-0.15, -0.1) is 0 Å². The Morgan fingerprint density at radius 2 is 1.69 bits per heavy atom. The van der Waals surface area contributed by atoms with E-state index < -0.39 is 95.9 Å². The lowest BCUT2D eigenvalue weighted by molar-refractivity contribution is -0.302. The summed E-state index contributed by atoms with van der Waals surface area (Å²) < 4.78 is 51.7. The van der Waals surface area contributed by atoms with E-state index in [4.69, 9.17) is 28.4 Å². The maximum absolute atomic E-state index is 16.3. The Hall–Kier alpha value is -3.28. The second-order valence-electron chi connectivity index (χ2n) is 18.7. The number of cyclic esters (lactones) is 1. The molecule has 2 saturated heterocycles. The molecule has 364 valence electrons. The first-order chi connectivity index (χ1) is 30.3. The summed E-state index contributed by atoms with van der Waals surface area (Å²) in [6.07, 6.45) is 0.257. The highest BCUT2D eigenvalue weighted by Crippen LogP contribution is 2.40. The van der Waals surface area contributed by atoms with E-state index in [0.29, 0.717) is 56.3 Å². The summed E-state index contributed by atoms with van der Waals surface area (Å²) in [5, 5.41) is 26.8. The number of aliphatic hydroxyl groups excluding tert-OH is 1. The Bertz CT molecular complexity index is 1660. The van der Waals surface area contributed by atoms with Crippen molar-refractivity contribution in [1.82, 2.24) is 10.2 Å². The van der Waals surface area contributed by atoms with Crippen LogP contribution in [0.1, 0.15) is 126 Å². The van der Waals surface area contributed by atoms with Gasteiger partial charge in [0, 0.05) is 51.5 Å². The van der Waals surface area contributed by atoms with Crippen LogP contribution < -0.4 is 5.32 Å². The minimum atomic E-state index is -2.62. The third kappa shape index (κ3) is 13.0. The zero-order valence-corrected chi connectivity index (χ0v) is 39.8. The number of Topliss-reactive ketones (excluding diaryl/α,β-unsaturated/α-hetero) is 2. The second kappa shape index (κ2) is 24.5. The number of ketones is 2. The number of carbonyl (C=O) groups excluding carboxylic acids is 5. The molecule has 0 aromatic rings. The summed E-state index contributed by atoms with van der Waals surface area (Å²) in [5.74, 6) is -9.27. The van der Waals surface area contributed by atoms with E-state index in [-0.39, 0.29) is 62.7 Å². The topological polar surface area (TPSA) is 196 Å². The summed E-state index contributed by atoms with van der Waals surface area (Å²) in [6.45, 7) is 14.7. The molecule has 1 saturated carbocycles. The number of halogens is 1. The van der Waals surface area contributed by atoms with Crippen molar-refractivity contribution in [2.45, 2.75) is 187 Å². The van der Waals surface area contributed by atoms with Crippen LogP contribution in [-0.2, 0) is 47.6 Å². The third-order valence-corrected chi connectivity index (χ3v) is 14.0. The second-order valence-corrected chi connectivity index (χ2v) is 18.7. The lowest BCUT2D eigenvalue weighted by atomic mass is 9.81. The van der Waals surface area contributed by atoms with Gasteiger partial charge in [0.25, 0.3) is 11.7 Å². The largest absolute Gasteiger partial charge is 0.456 e. The van der Waals surface area contributed by atoms with E-state index >= 15 is 4.39 Å². The molecule has 3 heterocycles. The van der Waals surface area contributed by atoms with Gasteiger partial charge in [-0.2, -0.15) is 0 Å². The molecule has 2 bridgehead atoms. The molecule has 0 aromatic carbocycles. The number of alkyl halides is 1. The average Bonchev–Trinajstić information content (AvgIpc) is 3.28. The molecule has 15 nitrogen and oxygen atoms in total. The van der Waals surface area contributed by atoms with E-state index in [1.54, 1.807) is 47.6 Å². The fourth-order valence-corrected chi connectivity index (χ4v) is 10.00. The maximum Gasteiger partial charge on any atom is 0.407 e. The molecule has 15 unspecified atom stereocenters. The quantitative estimate of drug-likeness (QED) is 0.132. The van der Waals surface area contributed by atoms with Crippen molar-refractivity contribution in [2.24, 2.45) is 29.6 Å². The summed E-state index contributed by atoms with van der Waals surface area (Å²) in [6, 6.07) is -1.48. The molecule has 64 heavy (non-hydrogen) atoms. The van der Waals surface area contributed by atoms with Crippen molar-refractivity contribution in [3.05, 3.63) is 23.3 Å². The molecule has 0 spiro atoms. The number of hydrogen-bond acceptors (Lipinski definition) is 13. The standard InChI is InChI=1S/C48H77FN2O13/c1-11-20-62-38-25-32(17-18-34(38)50-47(57)61-13-3)21-29(6)42-31(8)36(52)26-37(53)33(12-2)22-27(4)41(49)28(5)23-39(59-9)43-40(60-10)24-30(7)48(58,64-43)44(54)45(55)51-19-15-14-16-35(51)46(56)63-42/h21-22,28,30-36,38-43,52,58H,11-20,23-26H2,1-10H3,(H,50,57). The van der Waals surface area contributed by atoms with Crippen LogP contribution in [0.5, 0.6) is 0 Å². The van der Waals surface area contributed by atoms with Crippen LogP contribution in [0.15, 0.2) is 23.3 Å². The highest BCUT2D eigenvalue weighted by molar-refractivity contribution is 6.39. The monoisotopic (exact) mass is 909 g/mol. The SMILES string of the molecule is CCCOC1CC(C=C(C)C2OC(=O)C3CCCCN3C(=O)C(=O)C3(O)OC(C(OC)CC(C)C(F)C(C)=CC(CC)C(=O)CC(O)C2C)C(OC)CC3C)CCC1NC(=O)OCC. The number of allylic oxidation sites excluding steroid dienone is 3. The molecule has 3 N–H and O–H groups in total. The number of esters is 1. The van der Waals surface area contributed by atoms with Crippen LogP contribution >= 0.6 is 0 Å². The van der Waals surface area contributed by atoms with Gasteiger partial charge in [-0.25, -0.2) is 14.0 Å². The zero-order chi connectivity index (χ0) is 47.5. The van der Waals surface area contributed by atoms with Crippen molar-refractivity contribution >= 4 is 29.5 Å². The smallest absolute Gasteiger partial charge is 0.407 e. The van der Waals surface area contributed by atoms with E-state index in [0.717, 1.165) is 11.3 Å². The first kappa shape index (κ1) is 53.3. The fraction of sp³-hybridized carbons (Fsp3) is 0.812. The highest BCUT2D eigenvalue weighted by atomic mass is 19.1. The van der Waals surface area contributed by atoms with Crippen LogP contribution in [0.3, 0.4) is 0 Å². The van der Waals surface area contributed by atoms with Gasteiger partial charge in [0.1, 0.15) is 30.2 Å². The number of amides is 2. The predicted octanol–water partition coefficient (Wildman–Crippen LogP) is 5.95. The average molecular weight is 909 g/mol. The number of fused-ring (bicyclic) bond motifs is 3. The molecular formula is C48H77FN2O13. The molecule has 4 rings (SSSR count). The Labute approximate surface area is 379 Å². The van der Waals surface area contributed by atoms with Gasteiger partial charge in [-0.3, -0.25) is 14.4 Å². The van der Waals surface area contributed by atoms with Crippen LogP contribution in [0.4, 0.5) is 9.18 Å². The fourth-order valence-electron chi connectivity index (χ4n) is 10.00. The minimum Gasteiger partial charge on any atom is -0.456 e. The van der Waals surface area contributed by atoms with Gasteiger partial charge < -0.3 is 48.9 Å². The minimum absolute atomic E-state index is 0.0359. The van der Waals surface area contributed by atoms with E-state index in [2.05, 4.69) is 5.32 Å². The number of carbonyl (C=O) groups is 5. The Morgan fingerprint density at radius 3 is 2.33 bits per heavy atom. The van der Waals surface area contributed by atoms with Crippen LogP contribution in [-0.4, -0.2) is 139 Å². The van der Waals surface area contributed by atoms with Crippen molar-refractivity contribution in [3.8, 4) is 0 Å². The number of alkyl carbamates (subject to hydrolysis) is 1. The van der Waals surface area contributed by atoms with Crippen LogP contribution in [0, 0.1) is 29.6 Å². The number of nitrogens with zero attached hydrogens (tertiary/aromatic N) is 1. The lowest BCUT2D eigenvalue weighted by Crippen LogP contribution is -2.64. The number of aliphatic hydroxyl groups is 2. The summed E-state index contributed by atoms with van der Waals surface area (Å²) in [7, 11) is 2.87.